The molecule has 1 aliphatic carbocycles. The number of hydrogen-bond acceptors (Lipinski definition) is 4. The first-order valence-corrected chi connectivity index (χ1v) is 11.1. The number of carbonyl (C=O) groups is 2. The molecule has 4 aromatic rings. The number of rotatable bonds is 3. The third kappa shape index (κ3) is 3.08. The van der Waals surface area contributed by atoms with Crippen molar-refractivity contribution in [2.75, 3.05) is 9.80 Å². The lowest BCUT2D eigenvalue weighted by atomic mass is 10.1. The molecule has 162 valence electrons. The number of fused-ring (bicyclic) bond motifs is 2. The summed E-state index contributed by atoms with van der Waals surface area (Å²) in [5, 5.41) is 0. The van der Waals surface area contributed by atoms with Crippen molar-refractivity contribution >= 4 is 34.3 Å². The number of allylic oxidation sites excluding steroid dienone is 3. The van der Waals surface area contributed by atoms with Crippen LogP contribution in [-0.4, -0.2) is 11.6 Å². The largest absolute Gasteiger partial charge is 0.294 e. The molecule has 0 amide bonds. The Hall–Kier alpha value is -4.70. The Balaban J connectivity index is 1.55. The molecule has 0 fully saturated rings. The van der Waals surface area contributed by atoms with E-state index in [9.17, 15) is 9.59 Å². The van der Waals surface area contributed by atoms with Crippen LogP contribution in [0, 0.1) is 0 Å². The second-order valence-corrected chi connectivity index (χ2v) is 8.14. The zero-order valence-corrected chi connectivity index (χ0v) is 18.3. The van der Waals surface area contributed by atoms with Gasteiger partial charge in [0.15, 0.2) is 11.6 Å². The van der Waals surface area contributed by atoms with Crippen LogP contribution in [0.15, 0.2) is 133 Å². The Morgan fingerprint density at radius 2 is 0.882 bits per heavy atom. The fourth-order valence-corrected chi connectivity index (χ4v) is 4.62. The van der Waals surface area contributed by atoms with E-state index in [-0.39, 0.29) is 17.1 Å². The van der Waals surface area contributed by atoms with E-state index in [1.54, 1.807) is 30.3 Å². The highest BCUT2D eigenvalue weighted by Crippen LogP contribution is 2.49. The monoisotopic (exact) mass is 440 g/mol. The quantitative estimate of drug-likeness (QED) is 0.259. The summed E-state index contributed by atoms with van der Waals surface area (Å²) >= 11 is 0. The molecule has 4 aromatic carbocycles. The van der Waals surface area contributed by atoms with Crippen molar-refractivity contribution in [2.45, 2.75) is 0 Å². The minimum absolute atomic E-state index is 0.186. The molecule has 0 saturated carbocycles. The normalized spacial score (nSPS) is 14.4. The third-order valence-electron chi connectivity index (χ3n) is 6.16. The van der Waals surface area contributed by atoms with E-state index < -0.39 is 0 Å². The summed E-state index contributed by atoms with van der Waals surface area (Å²) in [5.41, 5.74) is 5.14. The second-order valence-electron chi connectivity index (χ2n) is 8.14. The van der Waals surface area contributed by atoms with E-state index in [1.807, 2.05) is 78.9 Å². The van der Waals surface area contributed by atoms with Gasteiger partial charge in [-0.2, -0.15) is 0 Å². The maximum absolute atomic E-state index is 13.0. The summed E-state index contributed by atoms with van der Waals surface area (Å²) in [5.74, 6) is 0.374. The highest BCUT2D eigenvalue weighted by Gasteiger charge is 2.35. The molecule has 1 heterocycles. The summed E-state index contributed by atoms with van der Waals surface area (Å²) in [4.78, 5) is 30.3. The minimum Gasteiger partial charge on any atom is -0.294 e. The van der Waals surface area contributed by atoms with E-state index >= 15 is 0 Å². The maximum Gasteiger partial charge on any atom is 0.197 e. The number of anilines is 4. The number of carbonyl (C=O) groups excluding carboxylic acids is 2. The number of ketones is 2. The van der Waals surface area contributed by atoms with Crippen LogP contribution in [0.2, 0.25) is 0 Å². The Morgan fingerprint density at radius 1 is 0.471 bits per heavy atom. The van der Waals surface area contributed by atoms with Crippen LogP contribution < -0.4 is 9.80 Å². The highest BCUT2D eigenvalue weighted by atomic mass is 16.2. The van der Waals surface area contributed by atoms with E-state index in [0.717, 1.165) is 28.6 Å². The van der Waals surface area contributed by atoms with Gasteiger partial charge in [-0.25, -0.2) is 0 Å². The molecule has 1 aliphatic heterocycles. The van der Waals surface area contributed by atoms with Gasteiger partial charge >= 0.3 is 0 Å². The smallest absolute Gasteiger partial charge is 0.197 e. The van der Waals surface area contributed by atoms with Crippen LogP contribution >= 0.6 is 0 Å². The van der Waals surface area contributed by atoms with Gasteiger partial charge in [-0.15, -0.1) is 0 Å². The molecule has 0 N–H and O–H groups in total. The summed E-state index contributed by atoms with van der Waals surface area (Å²) < 4.78 is 0. The molecule has 4 heteroatoms. The molecule has 0 unspecified atom stereocenters. The van der Waals surface area contributed by atoms with Crippen molar-refractivity contribution < 1.29 is 9.59 Å². The molecular weight excluding hydrogens is 420 g/mol. The molecule has 6 rings (SSSR count). The van der Waals surface area contributed by atoms with E-state index in [0.29, 0.717) is 11.1 Å². The zero-order valence-electron chi connectivity index (χ0n) is 18.3. The van der Waals surface area contributed by atoms with Crippen LogP contribution in [0.4, 0.5) is 22.7 Å². The maximum atomic E-state index is 13.0. The predicted octanol–water partition coefficient (Wildman–Crippen LogP) is 6.82. The molecule has 0 atom stereocenters. The van der Waals surface area contributed by atoms with Gasteiger partial charge in [0.1, 0.15) is 5.82 Å². The van der Waals surface area contributed by atoms with Crippen molar-refractivity contribution in [3.05, 3.63) is 144 Å². The first kappa shape index (κ1) is 19.9. The lowest BCUT2D eigenvalue weighted by molar-refractivity contribution is 0.0989. The van der Waals surface area contributed by atoms with E-state index in [2.05, 4.69) is 21.9 Å². The van der Waals surface area contributed by atoms with Gasteiger partial charge in [0.25, 0.3) is 0 Å². The molecule has 0 radical (unpaired) electrons. The number of nitrogens with zero attached hydrogens (tertiary/aromatic N) is 2. The average molecular weight is 441 g/mol. The summed E-state index contributed by atoms with van der Waals surface area (Å²) in [6, 6.07) is 35.3. The van der Waals surface area contributed by atoms with Crippen LogP contribution in [0.5, 0.6) is 0 Å². The van der Waals surface area contributed by atoms with Crippen LogP contribution in [0.25, 0.3) is 0 Å². The predicted molar refractivity (Wildman–Crippen MR) is 135 cm³/mol. The fraction of sp³-hybridized carbons (Fsp3) is 0. The minimum atomic E-state index is -0.231. The van der Waals surface area contributed by atoms with Gasteiger partial charge in [0.05, 0.1) is 16.9 Å². The van der Waals surface area contributed by atoms with Crippen molar-refractivity contribution in [3.63, 3.8) is 0 Å². The van der Waals surface area contributed by atoms with Crippen LogP contribution in [0.1, 0.15) is 20.7 Å². The molecular formula is C30H20N2O2. The highest BCUT2D eigenvalue weighted by molar-refractivity contribution is 6.39. The van der Waals surface area contributed by atoms with Gasteiger partial charge in [-0.3, -0.25) is 19.4 Å². The average Bonchev–Trinajstić information content (AvgIpc) is 3.35. The number of hydrogen-bond donors (Lipinski definition) is 0. The molecule has 4 nitrogen and oxygen atoms in total. The molecule has 0 saturated heterocycles. The van der Waals surface area contributed by atoms with Gasteiger partial charge in [-0.1, -0.05) is 72.8 Å². The second kappa shape index (κ2) is 8.01. The molecule has 2 aliphatic rings. The Morgan fingerprint density at radius 3 is 1.35 bits per heavy atom. The Kier molecular flexibility index (Phi) is 4.70. The van der Waals surface area contributed by atoms with Gasteiger partial charge in [0, 0.05) is 22.5 Å². The van der Waals surface area contributed by atoms with Crippen LogP contribution in [0.3, 0.4) is 0 Å². The van der Waals surface area contributed by atoms with E-state index in [1.165, 1.54) is 0 Å². The first-order valence-electron chi connectivity index (χ1n) is 11.1. The number of benzene rings is 4. The molecule has 0 spiro atoms. The van der Waals surface area contributed by atoms with Crippen molar-refractivity contribution in [3.8, 4) is 0 Å². The summed E-state index contributed by atoms with van der Waals surface area (Å²) in [6.45, 7) is 0. The fourth-order valence-electron chi connectivity index (χ4n) is 4.62. The zero-order chi connectivity index (χ0) is 23.1. The van der Waals surface area contributed by atoms with Gasteiger partial charge in [-0.05, 0) is 48.6 Å². The third-order valence-corrected chi connectivity index (χ3v) is 6.16. The molecule has 0 aromatic heterocycles. The standard InChI is InChI=1S/C30H20N2O2/c33-29-23-15-7-8-16-24(23)30(34)25(29)19-20-28-31(21-11-3-1-4-12-21)26-17-9-10-18-27(26)32(28)22-13-5-2-6-14-22/h1-20H. The lowest BCUT2D eigenvalue weighted by Crippen LogP contribution is -2.21. The lowest BCUT2D eigenvalue weighted by Gasteiger charge is -2.25. The molecule has 34 heavy (non-hydrogen) atoms. The number of para-hydroxylation sites is 4. The van der Waals surface area contributed by atoms with Crippen molar-refractivity contribution in [1.82, 2.24) is 0 Å². The van der Waals surface area contributed by atoms with E-state index in [4.69, 9.17) is 0 Å². The number of Topliss-reactive ketones (excluding diaryl/α,β-unsaturated/α-hetero) is 2. The van der Waals surface area contributed by atoms with Crippen LogP contribution in [-0.2, 0) is 0 Å². The van der Waals surface area contributed by atoms with Crippen molar-refractivity contribution in [1.29, 1.82) is 0 Å². The SMILES string of the molecule is O=C1C(=CC=C2N(c3ccccc3)c3ccccc3N2c2ccccc2)C(=O)c2ccccc21. The topological polar surface area (TPSA) is 40.6 Å². The summed E-state index contributed by atoms with van der Waals surface area (Å²) in [6.07, 6.45) is 3.54. The van der Waals surface area contributed by atoms with Gasteiger partial charge < -0.3 is 0 Å². The van der Waals surface area contributed by atoms with Gasteiger partial charge in [0.2, 0.25) is 0 Å². The molecule has 0 bridgehead atoms. The Labute approximate surface area is 197 Å². The Bertz CT molecular complexity index is 1380. The summed E-state index contributed by atoms with van der Waals surface area (Å²) in [7, 11) is 0. The van der Waals surface area contributed by atoms with Crippen molar-refractivity contribution in [2.24, 2.45) is 0 Å². The first-order chi connectivity index (χ1) is 16.7.